The largest absolute Gasteiger partial charge is 0.419 e. The summed E-state index contributed by atoms with van der Waals surface area (Å²) in [6.07, 6.45) is -3.78. The molecule has 0 aliphatic heterocycles. The number of nitrogens with one attached hydrogen (secondary N) is 1. The molecule has 0 spiro atoms. The third-order valence-electron chi connectivity index (χ3n) is 3.43. The van der Waals surface area contributed by atoms with Crippen LogP contribution in [0.15, 0.2) is 18.2 Å². The Bertz CT molecular complexity index is 516. The number of hydrogen-bond donors (Lipinski definition) is 2. The molecule has 0 saturated carbocycles. The summed E-state index contributed by atoms with van der Waals surface area (Å²) in [6.45, 7) is 3.93. The highest BCUT2D eigenvalue weighted by Gasteiger charge is 2.35. The third kappa shape index (κ3) is 4.42. The Balaban J connectivity index is 3.04. The van der Waals surface area contributed by atoms with Crippen molar-refractivity contribution < 1.29 is 22.4 Å². The van der Waals surface area contributed by atoms with Gasteiger partial charge in [0.15, 0.2) is 0 Å². The molecule has 0 aromatic heterocycles. The van der Waals surface area contributed by atoms with Gasteiger partial charge >= 0.3 is 6.18 Å². The van der Waals surface area contributed by atoms with E-state index in [1.54, 1.807) is 6.92 Å². The number of hydrogen-bond acceptors (Lipinski definition) is 2. The van der Waals surface area contributed by atoms with Crippen LogP contribution in [0.25, 0.3) is 0 Å². The zero-order valence-corrected chi connectivity index (χ0v) is 11.9. The van der Waals surface area contributed by atoms with Crippen LogP contribution in [0.1, 0.15) is 42.6 Å². The number of halogens is 4. The van der Waals surface area contributed by atoms with Gasteiger partial charge in [0, 0.05) is 11.1 Å². The molecule has 1 amide bonds. The molecule has 0 fully saturated rings. The summed E-state index contributed by atoms with van der Waals surface area (Å²) >= 11 is 0. The number of benzene rings is 1. The molecule has 1 rings (SSSR count). The van der Waals surface area contributed by atoms with Crippen molar-refractivity contribution in [2.45, 2.75) is 38.4 Å². The van der Waals surface area contributed by atoms with Crippen molar-refractivity contribution in [3.63, 3.8) is 0 Å². The van der Waals surface area contributed by atoms with Crippen LogP contribution < -0.4 is 11.1 Å². The molecule has 0 bridgehead atoms. The van der Waals surface area contributed by atoms with Gasteiger partial charge in [-0.1, -0.05) is 6.92 Å². The average molecular weight is 306 g/mol. The Morgan fingerprint density at radius 1 is 1.33 bits per heavy atom. The maximum Gasteiger partial charge on any atom is 0.419 e. The summed E-state index contributed by atoms with van der Waals surface area (Å²) in [5.74, 6) is -2.09. The first kappa shape index (κ1) is 17.4. The number of carbonyl (C=O) groups excluding carboxylic acids is 1. The van der Waals surface area contributed by atoms with E-state index in [2.05, 4.69) is 5.32 Å². The van der Waals surface area contributed by atoms with E-state index in [1.165, 1.54) is 0 Å². The van der Waals surface area contributed by atoms with Gasteiger partial charge in [0.2, 0.25) is 0 Å². The summed E-state index contributed by atoms with van der Waals surface area (Å²) in [5, 5.41) is 2.65. The van der Waals surface area contributed by atoms with Gasteiger partial charge in [-0.2, -0.15) is 13.2 Å². The lowest BCUT2D eigenvalue weighted by molar-refractivity contribution is -0.140. The van der Waals surface area contributed by atoms with Crippen LogP contribution in [-0.2, 0) is 6.18 Å². The molecule has 3 N–H and O–H groups in total. The van der Waals surface area contributed by atoms with Crippen LogP contribution in [-0.4, -0.2) is 18.0 Å². The highest BCUT2D eigenvalue weighted by atomic mass is 19.4. The molecule has 3 nitrogen and oxygen atoms in total. The minimum Gasteiger partial charge on any atom is -0.347 e. The van der Waals surface area contributed by atoms with Gasteiger partial charge in [-0.05, 0) is 44.5 Å². The third-order valence-corrected chi connectivity index (χ3v) is 3.43. The van der Waals surface area contributed by atoms with E-state index in [4.69, 9.17) is 5.73 Å². The first-order valence-corrected chi connectivity index (χ1v) is 6.52. The molecule has 1 atom stereocenters. The maximum atomic E-state index is 13.2. The molecule has 0 aliphatic carbocycles. The van der Waals surface area contributed by atoms with E-state index >= 15 is 0 Å². The Morgan fingerprint density at radius 2 is 1.95 bits per heavy atom. The molecular weight excluding hydrogens is 288 g/mol. The van der Waals surface area contributed by atoms with E-state index in [1.807, 2.05) is 6.92 Å². The van der Waals surface area contributed by atoms with E-state index in [-0.39, 0.29) is 5.56 Å². The molecule has 21 heavy (non-hydrogen) atoms. The van der Waals surface area contributed by atoms with Crippen molar-refractivity contribution in [2.24, 2.45) is 5.73 Å². The van der Waals surface area contributed by atoms with Crippen molar-refractivity contribution in [2.75, 3.05) is 6.54 Å². The lowest BCUT2D eigenvalue weighted by atomic mass is 9.94. The van der Waals surface area contributed by atoms with E-state index in [9.17, 15) is 22.4 Å². The van der Waals surface area contributed by atoms with Crippen LogP contribution in [0.5, 0.6) is 0 Å². The molecule has 1 aromatic carbocycles. The number of rotatable bonds is 5. The quantitative estimate of drug-likeness (QED) is 0.821. The number of alkyl halides is 3. The van der Waals surface area contributed by atoms with Crippen LogP contribution >= 0.6 is 0 Å². The average Bonchev–Trinajstić information content (AvgIpc) is 2.38. The first-order chi connectivity index (χ1) is 9.63. The van der Waals surface area contributed by atoms with Gasteiger partial charge in [0.25, 0.3) is 5.91 Å². The van der Waals surface area contributed by atoms with E-state index in [0.717, 1.165) is 6.07 Å². The van der Waals surface area contributed by atoms with Crippen molar-refractivity contribution in [1.29, 1.82) is 0 Å². The van der Waals surface area contributed by atoms with Crippen molar-refractivity contribution in [3.8, 4) is 0 Å². The smallest absolute Gasteiger partial charge is 0.347 e. The lowest BCUT2D eigenvalue weighted by Crippen LogP contribution is -2.46. The van der Waals surface area contributed by atoms with Gasteiger partial charge in [-0.3, -0.25) is 4.79 Å². The standard InChI is InChI=1S/C14H18F4N2O/c1-3-13(2,6-7-19)20-12(21)9-4-5-11(15)10(8-9)14(16,17)18/h4-5,8H,3,6-7,19H2,1-2H3,(H,20,21). The molecule has 1 unspecified atom stereocenters. The number of nitrogens with two attached hydrogens (primary N) is 1. The summed E-state index contributed by atoms with van der Waals surface area (Å²) in [4.78, 5) is 12.0. The second-order valence-corrected chi connectivity index (χ2v) is 5.10. The predicted octanol–water partition coefficient (Wildman–Crippen LogP) is 3.09. The Morgan fingerprint density at radius 3 is 2.43 bits per heavy atom. The fourth-order valence-corrected chi connectivity index (χ4v) is 1.88. The van der Waals surface area contributed by atoms with Crippen molar-refractivity contribution in [3.05, 3.63) is 35.1 Å². The molecule has 0 aliphatic rings. The van der Waals surface area contributed by atoms with Crippen molar-refractivity contribution >= 4 is 5.91 Å². The first-order valence-electron chi connectivity index (χ1n) is 6.52. The topological polar surface area (TPSA) is 55.1 Å². The Kier molecular flexibility index (Phi) is 5.33. The highest BCUT2D eigenvalue weighted by molar-refractivity contribution is 5.94. The molecule has 0 radical (unpaired) electrons. The van der Waals surface area contributed by atoms with Gasteiger partial charge < -0.3 is 11.1 Å². The van der Waals surface area contributed by atoms with Gasteiger partial charge in [0.1, 0.15) is 5.82 Å². The van der Waals surface area contributed by atoms with Crippen LogP contribution in [0.3, 0.4) is 0 Å². The Labute approximate surface area is 120 Å². The molecular formula is C14H18F4N2O. The SMILES string of the molecule is CCC(C)(CCN)NC(=O)c1ccc(F)c(C(F)(F)F)c1. The minimum atomic E-state index is -4.84. The monoisotopic (exact) mass is 306 g/mol. The molecule has 0 saturated heterocycles. The zero-order chi connectivity index (χ0) is 16.3. The molecule has 0 heterocycles. The summed E-state index contributed by atoms with van der Waals surface area (Å²) in [6, 6.07) is 2.19. The minimum absolute atomic E-state index is 0.236. The zero-order valence-electron chi connectivity index (χ0n) is 11.9. The highest BCUT2D eigenvalue weighted by Crippen LogP contribution is 2.32. The fraction of sp³-hybridized carbons (Fsp3) is 0.500. The molecule has 118 valence electrons. The summed E-state index contributed by atoms with van der Waals surface area (Å²) in [7, 11) is 0. The van der Waals surface area contributed by atoms with Crippen LogP contribution in [0.4, 0.5) is 17.6 Å². The lowest BCUT2D eigenvalue weighted by Gasteiger charge is -2.29. The fourth-order valence-electron chi connectivity index (χ4n) is 1.88. The second-order valence-electron chi connectivity index (χ2n) is 5.10. The Hall–Kier alpha value is -1.63. The number of carbonyl (C=O) groups is 1. The van der Waals surface area contributed by atoms with Gasteiger partial charge in [-0.15, -0.1) is 0 Å². The van der Waals surface area contributed by atoms with Gasteiger partial charge in [0.05, 0.1) is 5.56 Å². The molecule has 1 aromatic rings. The van der Waals surface area contributed by atoms with Crippen LogP contribution in [0.2, 0.25) is 0 Å². The second kappa shape index (κ2) is 6.43. The number of amides is 1. The van der Waals surface area contributed by atoms with E-state index < -0.39 is 29.0 Å². The van der Waals surface area contributed by atoms with Gasteiger partial charge in [-0.25, -0.2) is 4.39 Å². The normalized spacial score (nSPS) is 14.6. The summed E-state index contributed by atoms with van der Waals surface area (Å²) < 4.78 is 51.1. The van der Waals surface area contributed by atoms with Crippen LogP contribution in [0, 0.1) is 5.82 Å². The van der Waals surface area contributed by atoms with E-state index in [0.29, 0.717) is 31.5 Å². The maximum absolute atomic E-state index is 13.2. The summed E-state index contributed by atoms with van der Waals surface area (Å²) in [5.41, 5.74) is 3.16. The molecule has 7 heteroatoms. The predicted molar refractivity (Wildman–Crippen MR) is 71.2 cm³/mol. The van der Waals surface area contributed by atoms with Crippen molar-refractivity contribution in [1.82, 2.24) is 5.32 Å².